The van der Waals surface area contributed by atoms with Gasteiger partial charge in [0.2, 0.25) is 12.7 Å². The van der Waals surface area contributed by atoms with Crippen molar-refractivity contribution >= 4 is 17.7 Å². The van der Waals surface area contributed by atoms with Gasteiger partial charge in [-0.1, -0.05) is 0 Å². The molecular weight excluding hydrogens is 310 g/mol. The van der Waals surface area contributed by atoms with Gasteiger partial charge in [0, 0.05) is 29.5 Å². The van der Waals surface area contributed by atoms with E-state index >= 15 is 0 Å². The highest BCUT2D eigenvalue weighted by molar-refractivity contribution is 6.02. The Labute approximate surface area is 139 Å². The van der Waals surface area contributed by atoms with Crippen LogP contribution in [0.3, 0.4) is 0 Å². The molecule has 2 aromatic carbocycles. The second kappa shape index (κ2) is 6.95. The summed E-state index contributed by atoms with van der Waals surface area (Å²) in [6, 6.07) is 10.6. The van der Waals surface area contributed by atoms with Crippen LogP contribution in [0.25, 0.3) is 6.08 Å². The Bertz CT molecular complexity index is 785. The van der Waals surface area contributed by atoms with Crippen LogP contribution in [0.1, 0.15) is 5.56 Å². The van der Waals surface area contributed by atoms with Gasteiger partial charge in [-0.05, 0) is 30.3 Å². The van der Waals surface area contributed by atoms with Gasteiger partial charge in [-0.25, -0.2) is 0 Å². The number of fused-ring (bicyclic) bond motifs is 1. The van der Waals surface area contributed by atoms with Gasteiger partial charge in [0.25, 0.3) is 0 Å². The molecule has 0 saturated carbocycles. The predicted molar refractivity (Wildman–Crippen MR) is 89.8 cm³/mol. The third kappa shape index (κ3) is 3.43. The van der Waals surface area contributed by atoms with Crippen LogP contribution in [-0.2, 0) is 4.79 Å². The van der Waals surface area contributed by atoms with Crippen LogP contribution in [0, 0.1) is 0 Å². The van der Waals surface area contributed by atoms with Crippen molar-refractivity contribution in [2.45, 2.75) is 0 Å². The van der Waals surface area contributed by atoms with Gasteiger partial charge in [-0.15, -0.1) is 0 Å². The number of hydrogen-bond donors (Lipinski definition) is 1. The second-order valence-corrected chi connectivity index (χ2v) is 5.00. The maximum atomic E-state index is 12.1. The molecule has 24 heavy (non-hydrogen) atoms. The fourth-order valence-electron chi connectivity index (χ4n) is 2.28. The standard InChI is InChI=1S/C18H17NO5/c1-21-14-6-3-12(16(10-14)22-2)4-8-18(20)19-13-5-7-15-17(9-13)24-11-23-15/h3-10H,11H2,1-2H3,(H,19,20). The molecule has 0 radical (unpaired) electrons. The normalized spacial score (nSPS) is 12.2. The van der Waals surface area contributed by atoms with E-state index in [0.29, 0.717) is 28.7 Å². The van der Waals surface area contributed by atoms with Crippen LogP contribution in [0.2, 0.25) is 0 Å². The highest BCUT2D eigenvalue weighted by atomic mass is 16.7. The Balaban J connectivity index is 1.69. The van der Waals surface area contributed by atoms with E-state index < -0.39 is 0 Å². The molecule has 1 aliphatic rings. The first-order chi connectivity index (χ1) is 11.7. The number of nitrogens with one attached hydrogen (secondary N) is 1. The number of methoxy groups -OCH3 is 2. The summed E-state index contributed by atoms with van der Waals surface area (Å²) in [6.07, 6.45) is 3.12. The molecule has 1 amide bonds. The van der Waals surface area contributed by atoms with Crippen LogP contribution < -0.4 is 24.3 Å². The van der Waals surface area contributed by atoms with Gasteiger partial charge in [-0.3, -0.25) is 4.79 Å². The predicted octanol–water partition coefficient (Wildman–Crippen LogP) is 3.08. The number of rotatable bonds is 5. The number of hydrogen-bond acceptors (Lipinski definition) is 5. The summed E-state index contributed by atoms with van der Waals surface area (Å²) in [5.74, 6) is 2.35. The number of benzene rings is 2. The number of amides is 1. The first kappa shape index (κ1) is 15.7. The Kier molecular flexibility index (Phi) is 4.56. The summed E-state index contributed by atoms with van der Waals surface area (Å²) in [6.45, 7) is 0.198. The number of carbonyl (C=O) groups excluding carboxylic acids is 1. The molecule has 1 N–H and O–H groups in total. The largest absolute Gasteiger partial charge is 0.497 e. The molecule has 124 valence electrons. The molecule has 0 atom stereocenters. The van der Waals surface area contributed by atoms with Crippen molar-refractivity contribution in [3.8, 4) is 23.0 Å². The van der Waals surface area contributed by atoms with E-state index in [2.05, 4.69) is 5.32 Å². The van der Waals surface area contributed by atoms with Gasteiger partial charge < -0.3 is 24.3 Å². The molecule has 0 spiro atoms. The molecule has 0 saturated heterocycles. The van der Waals surface area contributed by atoms with Crippen molar-refractivity contribution in [2.24, 2.45) is 0 Å². The molecule has 0 aliphatic carbocycles. The maximum absolute atomic E-state index is 12.1. The molecule has 1 aliphatic heterocycles. The van der Waals surface area contributed by atoms with Crippen molar-refractivity contribution in [3.05, 3.63) is 48.0 Å². The van der Waals surface area contributed by atoms with Crippen molar-refractivity contribution in [2.75, 3.05) is 26.3 Å². The first-order valence-electron chi connectivity index (χ1n) is 7.30. The third-order valence-corrected chi connectivity index (χ3v) is 3.50. The lowest BCUT2D eigenvalue weighted by molar-refractivity contribution is -0.111. The summed E-state index contributed by atoms with van der Waals surface area (Å²) >= 11 is 0. The van der Waals surface area contributed by atoms with E-state index in [4.69, 9.17) is 18.9 Å². The lowest BCUT2D eigenvalue weighted by atomic mass is 10.1. The van der Waals surface area contributed by atoms with Crippen LogP contribution >= 0.6 is 0 Å². The molecule has 1 heterocycles. The van der Waals surface area contributed by atoms with Crippen molar-refractivity contribution < 1.29 is 23.7 Å². The van der Waals surface area contributed by atoms with E-state index in [1.165, 1.54) is 6.08 Å². The first-order valence-corrected chi connectivity index (χ1v) is 7.30. The zero-order valence-electron chi connectivity index (χ0n) is 13.4. The Hall–Kier alpha value is -3.15. The molecule has 2 aromatic rings. The molecule has 0 fully saturated rings. The quantitative estimate of drug-likeness (QED) is 0.855. The molecule has 6 heteroatoms. The molecule has 6 nitrogen and oxygen atoms in total. The minimum absolute atomic E-state index is 0.198. The Morgan fingerprint density at radius 2 is 1.92 bits per heavy atom. The molecule has 0 bridgehead atoms. The van der Waals surface area contributed by atoms with Gasteiger partial charge in [0.05, 0.1) is 14.2 Å². The SMILES string of the molecule is COc1ccc(C=CC(=O)Nc2ccc3c(c2)OCO3)c(OC)c1. The van der Waals surface area contributed by atoms with Crippen LogP contribution in [0.5, 0.6) is 23.0 Å². The fourth-order valence-corrected chi connectivity index (χ4v) is 2.28. The minimum atomic E-state index is -0.258. The monoisotopic (exact) mass is 327 g/mol. The van der Waals surface area contributed by atoms with E-state index in [-0.39, 0.29) is 12.7 Å². The topological polar surface area (TPSA) is 66.0 Å². The Morgan fingerprint density at radius 3 is 2.71 bits per heavy atom. The second-order valence-electron chi connectivity index (χ2n) is 5.00. The van der Waals surface area contributed by atoms with Gasteiger partial charge in [0.15, 0.2) is 11.5 Å². The average Bonchev–Trinajstić information content (AvgIpc) is 3.07. The van der Waals surface area contributed by atoms with Crippen molar-refractivity contribution in [1.29, 1.82) is 0 Å². The molecule has 0 aromatic heterocycles. The van der Waals surface area contributed by atoms with Gasteiger partial charge in [0.1, 0.15) is 11.5 Å². The zero-order chi connectivity index (χ0) is 16.9. The van der Waals surface area contributed by atoms with E-state index in [9.17, 15) is 4.79 Å². The summed E-state index contributed by atoms with van der Waals surface area (Å²) < 4.78 is 21.0. The maximum Gasteiger partial charge on any atom is 0.248 e. The fraction of sp³-hybridized carbons (Fsp3) is 0.167. The minimum Gasteiger partial charge on any atom is -0.497 e. The Morgan fingerprint density at radius 1 is 1.08 bits per heavy atom. The van der Waals surface area contributed by atoms with Gasteiger partial charge in [-0.2, -0.15) is 0 Å². The summed E-state index contributed by atoms with van der Waals surface area (Å²) in [7, 11) is 3.15. The van der Waals surface area contributed by atoms with Crippen molar-refractivity contribution in [3.63, 3.8) is 0 Å². The zero-order valence-corrected chi connectivity index (χ0v) is 13.4. The highest BCUT2D eigenvalue weighted by Crippen LogP contribution is 2.34. The van der Waals surface area contributed by atoms with E-state index in [0.717, 1.165) is 5.56 Å². The highest BCUT2D eigenvalue weighted by Gasteiger charge is 2.13. The van der Waals surface area contributed by atoms with Crippen LogP contribution in [-0.4, -0.2) is 26.9 Å². The van der Waals surface area contributed by atoms with E-state index in [1.54, 1.807) is 50.6 Å². The molecule has 3 rings (SSSR count). The number of ether oxygens (including phenoxy) is 4. The van der Waals surface area contributed by atoms with Crippen LogP contribution in [0.15, 0.2) is 42.5 Å². The van der Waals surface area contributed by atoms with Gasteiger partial charge >= 0.3 is 0 Å². The number of anilines is 1. The number of carbonyl (C=O) groups is 1. The van der Waals surface area contributed by atoms with E-state index in [1.807, 2.05) is 6.07 Å². The lowest BCUT2D eigenvalue weighted by Gasteiger charge is -2.07. The smallest absolute Gasteiger partial charge is 0.248 e. The lowest BCUT2D eigenvalue weighted by Crippen LogP contribution is -2.07. The summed E-state index contributed by atoms with van der Waals surface area (Å²) in [5.41, 5.74) is 1.41. The third-order valence-electron chi connectivity index (χ3n) is 3.50. The van der Waals surface area contributed by atoms with Crippen LogP contribution in [0.4, 0.5) is 5.69 Å². The van der Waals surface area contributed by atoms with Crippen molar-refractivity contribution in [1.82, 2.24) is 0 Å². The molecular formula is C18H17NO5. The molecule has 0 unspecified atom stereocenters. The summed E-state index contributed by atoms with van der Waals surface area (Å²) in [4.78, 5) is 12.1. The summed E-state index contributed by atoms with van der Waals surface area (Å²) in [5, 5.41) is 2.78. The average molecular weight is 327 g/mol.